The first-order valence-electron chi connectivity index (χ1n) is 7.79. The third kappa shape index (κ3) is 3.11. The Hall–Kier alpha value is -2.62. The Balaban J connectivity index is 1.78. The molecule has 0 aliphatic carbocycles. The minimum Gasteiger partial charge on any atom is -0.350 e. The fraction of sp³-hybridized carbons (Fsp3) is 0.263. The van der Waals surface area contributed by atoms with Gasteiger partial charge < -0.3 is 9.88 Å². The van der Waals surface area contributed by atoms with Crippen LogP contribution in [0.25, 0.3) is 10.9 Å². The second-order valence-electron chi connectivity index (χ2n) is 6.01. The van der Waals surface area contributed by atoms with Crippen molar-refractivity contribution in [2.45, 2.75) is 20.3 Å². The van der Waals surface area contributed by atoms with Crippen molar-refractivity contribution >= 4 is 16.8 Å². The average Bonchev–Trinajstić information content (AvgIpc) is 2.89. The summed E-state index contributed by atoms with van der Waals surface area (Å²) in [5.41, 5.74) is 5.09. The molecule has 0 aliphatic rings. The number of carbonyl (C=O) groups excluding carboxylic acids is 1. The summed E-state index contributed by atoms with van der Waals surface area (Å²) in [5.74, 6) is 0.0328. The van der Waals surface area contributed by atoms with Gasteiger partial charge in [0.15, 0.2) is 0 Å². The van der Waals surface area contributed by atoms with Crippen LogP contribution < -0.4 is 0 Å². The monoisotopic (exact) mass is 307 g/mol. The second kappa shape index (κ2) is 6.24. The number of aromatic nitrogens is 2. The summed E-state index contributed by atoms with van der Waals surface area (Å²) in [5, 5.41) is 1.11. The van der Waals surface area contributed by atoms with Gasteiger partial charge in [-0.1, -0.05) is 12.1 Å². The Bertz CT molecular complexity index is 836. The highest BCUT2D eigenvalue weighted by Gasteiger charge is 2.18. The highest BCUT2D eigenvalue weighted by atomic mass is 16.2. The molecule has 3 aromatic rings. The Morgan fingerprint density at radius 3 is 2.65 bits per heavy atom. The summed E-state index contributed by atoms with van der Waals surface area (Å²) in [7, 11) is 1.85. The van der Waals surface area contributed by atoms with E-state index in [-0.39, 0.29) is 5.91 Å². The van der Waals surface area contributed by atoms with Crippen LogP contribution in [-0.4, -0.2) is 34.4 Å². The van der Waals surface area contributed by atoms with Gasteiger partial charge in [-0.25, -0.2) is 0 Å². The summed E-state index contributed by atoms with van der Waals surface area (Å²) in [6.45, 7) is 4.73. The van der Waals surface area contributed by atoms with E-state index in [4.69, 9.17) is 0 Å². The number of hydrogen-bond donors (Lipinski definition) is 1. The molecule has 1 N–H and O–H groups in total. The zero-order chi connectivity index (χ0) is 16.4. The van der Waals surface area contributed by atoms with Crippen molar-refractivity contribution in [1.82, 2.24) is 14.9 Å². The van der Waals surface area contributed by atoms with E-state index >= 15 is 0 Å². The fourth-order valence-electron chi connectivity index (χ4n) is 2.80. The number of pyridine rings is 1. The van der Waals surface area contributed by atoms with Gasteiger partial charge in [-0.05, 0) is 55.2 Å². The molecule has 0 radical (unpaired) electrons. The highest BCUT2D eigenvalue weighted by Crippen LogP contribution is 2.23. The Morgan fingerprint density at radius 2 is 1.91 bits per heavy atom. The molecule has 0 spiro atoms. The zero-order valence-electron chi connectivity index (χ0n) is 13.8. The number of amides is 1. The number of benzene rings is 1. The van der Waals surface area contributed by atoms with Gasteiger partial charge in [0.25, 0.3) is 5.91 Å². The third-order valence-electron chi connectivity index (χ3n) is 4.26. The number of carbonyl (C=O) groups is 1. The van der Waals surface area contributed by atoms with E-state index < -0.39 is 0 Å². The van der Waals surface area contributed by atoms with Gasteiger partial charge in [0, 0.05) is 36.9 Å². The molecule has 0 saturated carbocycles. The molecule has 118 valence electrons. The third-order valence-corrected chi connectivity index (χ3v) is 4.26. The first-order valence-corrected chi connectivity index (χ1v) is 7.79. The summed E-state index contributed by atoms with van der Waals surface area (Å²) < 4.78 is 0. The van der Waals surface area contributed by atoms with E-state index in [9.17, 15) is 4.79 Å². The molecule has 0 fully saturated rings. The van der Waals surface area contributed by atoms with Gasteiger partial charge in [0.2, 0.25) is 0 Å². The molecule has 2 aromatic heterocycles. The molecule has 0 unspecified atom stereocenters. The molecule has 4 heteroatoms. The standard InChI is InChI=1S/C19H21N3O/c1-13-4-5-16-14(2)18(21-17(16)12-13)19(23)22(3)11-8-15-6-9-20-10-7-15/h4-7,9-10,12,21H,8,11H2,1-3H3. The lowest BCUT2D eigenvalue weighted by Crippen LogP contribution is -2.29. The Morgan fingerprint density at radius 1 is 1.17 bits per heavy atom. The van der Waals surface area contributed by atoms with Crippen LogP contribution in [0.4, 0.5) is 0 Å². The lowest BCUT2D eigenvalue weighted by molar-refractivity contribution is 0.0791. The SMILES string of the molecule is Cc1ccc2c(C)c(C(=O)N(C)CCc3ccncc3)[nH]c2c1. The maximum atomic E-state index is 12.7. The molecule has 0 saturated heterocycles. The van der Waals surface area contributed by atoms with Crippen molar-refractivity contribution in [2.24, 2.45) is 0 Å². The maximum absolute atomic E-state index is 12.7. The maximum Gasteiger partial charge on any atom is 0.270 e. The molecular formula is C19H21N3O. The smallest absolute Gasteiger partial charge is 0.270 e. The van der Waals surface area contributed by atoms with Crippen molar-refractivity contribution in [2.75, 3.05) is 13.6 Å². The van der Waals surface area contributed by atoms with Gasteiger partial charge in [-0.2, -0.15) is 0 Å². The minimum absolute atomic E-state index is 0.0328. The molecule has 23 heavy (non-hydrogen) atoms. The van der Waals surface area contributed by atoms with Gasteiger partial charge in [-0.3, -0.25) is 9.78 Å². The van der Waals surface area contributed by atoms with E-state index in [1.807, 2.05) is 26.1 Å². The van der Waals surface area contributed by atoms with Crippen LogP contribution in [0.3, 0.4) is 0 Å². The van der Waals surface area contributed by atoms with Crippen LogP contribution in [0.1, 0.15) is 27.2 Å². The number of H-pyrrole nitrogens is 1. The van der Waals surface area contributed by atoms with Crippen molar-refractivity contribution < 1.29 is 4.79 Å². The Labute approximate surface area is 136 Å². The van der Waals surface area contributed by atoms with Crippen LogP contribution in [0, 0.1) is 13.8 Å². The van der Waals surface area contributed by atoms with Crippen LogP contribution in [-0.2, 0) is 6.42 Å². The molecule has 2 heterocycles. The van der Waals surface area contributed by atoms with Crippen molar-refractivity contribution in [3.63, 3.8) is 0 Å². The molecule has 1 aromatic carbocycles. The number of likely N-dealkylation sites (N-methyl/N-ethyl adjacent to an activating group) is 1. The number of fused-ring (bicyclic) bond motifs is 1. The summed E-state index contributed by atoms with van der Waals surface area (Å²) in [6, 6.07) is 10.2. The molecule has 1 amide bonds. The normalized spacial score (nSPS) is 10.9. The van der Waals surface area contributed by atoms with E-state index in [0.29, 0.717) is 12.2 Å². The van der Waals surface area contributed by atoms with Gasteiger partial charge in [0.05, 0.1) is 0 Å². The molecule has 0 bridgehead atoms. The van der Waals surface area contributed by atoms with Gasteiger partial charge in [-0.15, -0.1) is 0 Å². The Kier molecular flexibility index (Phi) is 4.15. The molecule has 0 aliphatic heterocycles. The number of nitrogens with one attached hydrogen (secondary N) is 1. The lowest BCUT2D eigenvalue weighted by Gasteiger charge is -2.17. The first-order chi connectivity index (χ1) is 11.1. The second-order valence-corrected chi connectivity index (χ2v) is 6.01. The van der Waals surface area contributed by atoms with Crippen molar-refractivity contribution in [3.05, 3.63) is 65.1 Å². The summed E-state index contributed by atoms with van der Waals surface area (Å²) >= 11 is 0. The van der Waals surface area contributed by atoms with Crippen molar-refractivity contribution in [1.29, 1.82) is 0 Å². The van der Waals surface area contributed by atoms with E-state index in [1.165, 1.54) is 11.1 Å². The van der Waals surface area contributed by atoms with Crippen LogP contribution >= 0.6 is 0 Å². The number of aryl methyl sites for hydroxylation is 2. The first kappa shape index (κ1) is 15.3. The minimum atomic E-state index is 0.0328. The quantitative estimate of drug-likeness (QED) is 0.802. The fourth-order valence-corrected chi connectivity index (χ4v) is 2.80. The largest absolute Gasteiger partial charge is 0.350 e. The summed E-state index contributed by atoms with van der Waals surface area (Å²) in [4.78, 5) is 21.8. The van der Waals surface area contributed by atoms with Crippen molar-refractivity contribution in [3.8, 4) is 0 Å². The predicted molar refractivity (Wildman–Crippen MR) is 92.7 cm³/mol. The highest BCUT2D eigenvalue weighted by molar-refractivity contribution is 6.00. The van der Waals surface area contributed by atoms with E-state index in [2.05, 4.69) is 35.1 Å². The molecule has 4 nitrogen and oxygen atoms in total. The average molecular weight is 307 g/mol. The van der Waals surface area contributed by atoms with Crippen LogP contribution in [0.15, 0.2) is 42.7 Å². The number of aromatic amines is 1. The summed E-state index contributed by atoms with van der Waals surface area (Å²) in [6.07, 6.45) is 4.38. The molecular weight excluding hydrogens is 286 g/mol. The topological polar surface area (TPSA) is 49.0 Å². The lowest BCUT2D eigenvalue weighted by atomic mass is 10.1. The van der Waals surface area contributed by atoms with E-state index in [0.717, 1.165) is 22.9 Å². The predicted octanol–water partition coefficient (Wildman–Crippen LogP) is 3.49. The van der Waals surface area contributed by atoms with Crippen LogP contribution in [0.5, 0.6) is 0 Å². The van der Waals surface area contributed by atoms with Gasteiger partial charge in [0.1, 0.15) is 5.69 Å². The van der Waals surface area contributed by atoms with Gasteiger partial charge >= 0.3 is 0 Å². The zero-order valence-corrected chi connectivity index (χ0v) is 13.8. The van der Waals surface area contributed by atoms with E-state index in [1.54, 1.807) is 17.3 Å². The molecule has 0 atom stereocenters. The number of nitrogens with zero attached hydrogens (tertiary/aromatic N) is 2. The molecule has 3 rings (SSSR count). The number of rotatable bonds is 4. The number of hydrogen-bond acceptors (Lipinski definition) is 2. The van der Waals surface area contributed by atoms with Crippen LogP contribution in [0.2, 0.25) is 0 Å².